The molecule has 0 unspecified atom stereocenters. The minimum atomic E-state index is -0.758. The lowest BCUT2D eigenvalue weighted by molar-refractivity contribution is -0.385. The van der Waals surface area contributed by atoms with Crippen molar-refractivity contribution in [1.29, 1.82) is 0 Å². The lowest BCUT2D eigenvalue weighted by Gasteiger charge is -2.37. The first-order valence-electron chi connectivity index (χ1n) is 7.64. The summed E-state index contributed by atoms with van der Waals surface area (Å²) in [5, 5.41) is 20.0. The molecular weight excluding hydrogens is 284 g/mol. The van der Waals surface area contributed by atoms with E-state index in [1.807, 2.05) is 7.05 Å². The summed E-state index contributed by atoms with van der Waals surface area (Å²) >= 11 is 0. The second-order valence-electron chi connectivity index (χ2n) is 6.55. The van der Waals surface area contributed by atoms with Gasteiger partial charge in [0.1, 0.15) is 0 Å². The molecule has 3 rings (SSSR count). The van der Waals surface area contributed by atoms with Crippen LogP contribution in [0.15, 0.2) is 12.1 Å². The zero-order valence-electron chi connectivity index (χ0n) is 12.6. The summed E-state index contributed by atoms with van der Waals surface area (Å²) < 4.78 is 0. The summed E-state index contributed by atoms with van der Waals surface area (Å²) in [6.45, 7) is 1.71. The molecule has 22 heavy (non-hydrogen) atoms. The van der Waals surface area contributed by atoms with Crippen LogP contribution in [0.4, 0.5) is 5.69 Å². The van der Waals surface area contributed by atoms with Gasteiger partial charge in [0.15, 0.2) is 0 Å². The second kappa shape index (κ2) is 5.68. The van der Waals surface area contributed by atoms with Crippen LogP contribution in [0, 0.1) is 16.0 Å². The van der Waals surface area contributed by atoms with E-state index in [9.17, 15) is 14.9 Å². The molecule has 0 aromatic heterocycles. The van der Waals surface area contributed by atoms with Gasteiger partial charge in [0.25, 0.3) is 5.69 Å². The topological polar surface area (TPSA) is 83.7 Å². The highest BCUT2D eigenvalue weighted by Gasteiger charge is 2.35. The van der Waals surface area contributed by atoms with Crippen LogP contribution < -0.4 is 0 Å². The highest BCUT2D eigenvalue weighted by Crippen LogP contribution is 2.46. The normalized spacial score (nSPS) is 24.4. The van der Waals surface area contributed by atoms with E-state index in [1.54, 1.807) is 12.1 Å². The van der Waals surface area contributed by atoms with Crippen LogP contribution >= 0.6 is 0 Å². The summed E-state index contributed by atoms with van der Waals surface area (Å²) in [6, 6.07) is 3.41. The number of nitro benzene ring substituents is 1. The van der Waals surface area contributed by atoms with Crippen LogP contribution in [0.1, 0.15) is 41.9 Å². The van der Waals surface area contributed by atoms with Gasteiger partial charge < -0.3 is 10.0 Å². The van der Waals surface area contributed by atoms with E-state index in [0.29, 0.717) is 0 Å². The monoisotopic (exact) mass is 304 g/mol. The second-order valence-corrected chi connectivity index (χ2v) is 6.55. The third kappa shape index (κ3) is 2.83. The van der Waals surface area contributed by atoms with Crippen molar-refractivity contribution in [3.05, 3.63) is 38.9 Å². The van der Waals surface area contributed by atoms with Crippen LogP contribution in [0.5, 0.6) is 0 Å². The lowest BCUT2D eigenvalue weighted by atomic mass is 9.68. The summed E-state index contributed by atoms with van der Waals surface area (Å²) in [4.78, 5) is 23.8. The molecule has 2 aliphatic rings. The Bertz CT molecular complexity index is 623. The molecule has 1 aromatic rings. The Morgan fingerprint density at radius 1 is 1.45 bits per heavy atom. The number of nitro groups is 1. The molecule has 1 N–H and O–H groups in total. The van der Waals surface area contributed by atoms with Crippen molar-refractivity contribution in [2.75, 3.05) is 13.6 Å². The molecule has 1 fully saturated rings. The number of fused-ring (bicyclic) bond motifs is 1. The third-order valence-corrected chi connectivity index (χ3v) is 4.90. The number of benzene rings is 1. The van der Waals surface area contributed by atoms with Gasteiger partial charge in [-0.05, 0) is 54.8 Å². The molecule has 1 heterocycles. The number of likely N-dealkylation sites (N-methyl/N-ethyl adjacent to an activating group) is 1. The molecule has 6 heteroatoms. The number of carbonyl (C=O) groups is 1. The first-order chi connectivity index (χ1) is 10.4. The quantitative estimate of drug-likeness (QED) is 0.682. The Kier molecular flexibility index (Phi) is 3.87. The van der Waals surface area contributed by atoms with Gasteiger partial charge in [-0.1, -0.05) is 0 Å². The van der Waals surface area contributed by atoms with E-state index in [4.69, 9.17) is 5.11 Å². The van der Waals surface area contributed by atoms with Crippen LogP contribution in [0.3, 0.4) is 0 Å². The number of carboxylic acids is 1. The number of rotatable bonds is 4. The molecule has 0 radical (unpaired) electrons. The van der Waals surface area contributed by atoms with Crippen LogP contribution in [0.25, 0.3) is 0 Å². The highest BCUT2D eigenvalue weighted by atomic mass is 16.6. The number of hydrogen-bond donors (Lipinski definition) is 1. The Morgan fingerprint density at radius 3 is 2.82 bits per heavy atom. The van der Waals surface area contributed by atoms with Gasteiger partial charge in [-0.25, -0.2) is 0 Å². The molecule has 0 atom stereocenters. The minimum Gasteiger partial charge on any atom is -0.481 e. The van der Waals surface area contributed by atoms with Gasteiger partial charge in [-0.3, -0.25) is 14.9 Å². The van der Waals surface area contributed by atoms with Crippen molar-refractivity contribution in [2.24, 2.45) is 5.92 Å². The van der Waals surface area contributed by atoms with E-state index in [2.05, 4.69) is 4.90 Å². The fourth-order valence-corrected chi connectivity index (χ4v) is 3.73. The van der Waals surface area contributed by atoms with Gasteiger partial charge in [0.2, 0.25) is 0 Å². The molecule has 0 saturated heterocycles. The van der Waals surface area contributed by atoms with Crippen molar-refractivity contribution in [3.8, 4) is 0 Å². The molecule has 0 bridgehead atoms. The number of carboxylic acid groups (broad SMARTS) is 1. The van der Waals surface area contributed by atoms with Crippen LogP contribution in [0.2, 0.25) is 0 Å². The minimum absolute atomic E-state index is 0.158. The SMILES string of the molecule is CN1CCc2c(cc([N+](=O)[O-])cc2C2CC(CC(=O)O)C2)C1. The van der Waals surface area contributed by atoms with E-state index in [-0.39, 0.29) is 28.9 Å². The standard InChI is InChI=1S/C16H20N2O4/c1-17-3-2-14-12(9-17)7-13(18(21)22)8-15(14)11-4-10(5-11)6-16(19)20/h7-8,10-11H,2-6,9H2,1H3,(H,19,20). The van der Waals surface area contributed by atoms with Crippen molar-refractivity contribution >= 4 is 11.7 Å². The Morgan fingerprint density at radius 2 is 2.18 bits per heavy atom. The molecule has 0 amide bonds. The Balaban J connectivity index is 1.87. The first-order valence-corrected chi connectivity index (χ1v) is 7.64. The molecule has 1 aliphatic heterocycles. The number of nitrogens with zero attached hydrogens (tertiary/aromatic N) is 2. The van der Waals surface area contributed by atoms with E-state index in [0.717, 1.165) is 43.5 Å². The molecule has 6 nitrogen and oxygen atoms in total. The van der Waals surface area contributed by atoms with Crippen molar-refractivity contribution in [1.82, 2.24) is 4.90 Å². The van der Waals surface area contributed by atoms with Gasteiger partial charge in [-0.2, -0.15) is 0 Å². The number of non-ortho nitro benzene ring substituents is 1. The third-order valence-electron chi connectivity index (χ3n) is 4.90. The summed E-state index contributed by atoms with van der Waals surface area (Å²) in [5.41, 5.74) is 3.55. The summed E-state index contributed by atoms with van der Waals surface area (Å²) in [6.07, 6.45) is 2.78. The Hall–Kier alpha value is -1.95. The van der Waals surface area contributed by atoms with Crippen LogP contribution in [-0.2, 0) is 17.8 Å². The predicted molar refractivity (Wildman–Crippen MR) is 80.9 cm³/mol. The fraction of sp³-hybridized carbons (Fsp3) is 0.562. The number of hydrogen-bond acceptors (Lipinski definition) is 4. The molecular formula is C16H20N2O4. The van der Waals surface area contributed by atoms with Gasteiger partial charge in [0.05, 0.1) is 4.92 Å². The zero-order chi connectivity index (χ0) is 15.9. The molecule has 1 aromatic carbocycles. The largest absolute Gasteiger partial charge is 0.481 e. The van der Waals surface area contributed by atoms with Gasteiger partial charge in [-0.15, -0.1) is 0 Å². The van der Waals surface area contributed by atoms with Gasteiger partial charge >= 0.3 is 5.97 Å². The summed E-state index contributed by atoms with van der Waals surface area (Å²) in [5.74, 6) is -0.267. The summed E-state index contributed by atoms with van der Waals surface area (Å²) in [7, 11) is 2.02. The molecule has 0 spiro atoms. The maximum Gasteiger partial charge on any atom is 0.303 e. The maximum absolute atomic E-state index is 11.2. The van der Waals surface area contributed by atoms with E-state index < -0.39 is 5.97 Å². The lowest BCUT2D eigenvalue weighted by Crippen LogP contribution is -2.30. The zero-order valence-corrected chi connectivity index (χ0v) is 12.6. The average Bonchev–Trinajstić information content (AvgIpc) is 2.40. The molecule has 118 valence electrons. The molecule has 1 aliphatic carbocycles. The predicted octanol–water partition coefficient (Wildman–Crippen LogP) is 2.55. The van der Waals surface area contributed by atoms with Crippen molar-refractivity contribution in [3.63, 3.8) is 0 Å². The fourth-order valence-electron chi connectivity index (χ4n) is 3.73. The van der Waals surface area contributed by atoms with E-state index in [1.165, 1.54) is 5.56 Å². The first kappa shape index (κ1) is 15.0. The maximum atomic E-state index is 11.2. The smallest absolute Gasteiger partial charge is 0.303 e. The molecule has 1 saturated carbocycles. The van der Waals surface area contributed by atoms with E-state index >= 15 is 0 Å². The van der Waals surface area contributed by atoms with Crippen LogP contribution in [-0.4, -0.2) is 34.5 Å². The van der Waals surface area contributed by atoms with Crippen molar-refractivity contribution < 1.29 is 14.8 Å². The highest BCUT2D eigenvalue weighted by molar-refractivity contribution is 5.67. The van der Waals surface area contributed by atoms with Gasteiger partial charge in [0, 0.05) is 31.6 Å². The average molecular weight is 304 g/mol. The Labute approximate surface area is 128 Å². The van der Waals surface area contributed by atoms with Crippen molar-refractivity contribution in [2.45, 2.75) is 38.1 Å². The number of aliphatic carboxylic acids is 1.